The molecule has 0 spiro atoms. The maximum atomic E-state index is 12.4. The van der Waals surface area contributed by atoms with Crippen LogP contribution < -0.4 is 5.73 Å². The number of hydrogen-bond acceptors (Lipinski definition) is 4. The molecule has 0 aromatic carbocycles. The molecule has 0 radical (unpaired) electrons. The molecular weight excluding hydrogens is 252 g/mol. The summed E-state index contributed by atoms with van der Waals surface area (Å²) in [7, 11) is 0. The highest BCUT2D eigenvalue weighted by atomic mass is 16.2. The number of nitrogens with zero attached hydrogens (tertiary/aromatic N) is 3. The van der Waals surface area contributed by atoms with Crippen molar-refractivity contribution in [3.63, 3.8) is 0 Å². The van der Waals surface area contributed by atoms with Gasteiger partial charge in [0.2, 0.25) is 5.91 Å². The summed E-state index contributed by atoms with van der Waals surface area (Å²) in [5.74, 6) is 0.0273. The predicted octanol–water partition coefficient (Wildman–Crippen LogP) is 1.70. The van der Waals surface area contributed by atoms with Crippen molar-refractivity contribution in [1.82, 2.24) is 9.88 Å². The van der Waals surface area contributed by atoms with Crippen LogP contribution in [0.3, 0.4) is 0 Å². The fraction of sp³-hybridized carbons (Fsp3) is 0.533. The molecular formula is C15H22N4O. The molecule has 1 aromatic rings. The van der Waals surface area contributed by atoms with E-state index < -0.39 is 6.04 Å². The lowest BCUT2D eigenvalue weighted by Crippen LogP contribution is -2.47. The number of pyridine rings is 1. The zero-order chi connectivity index (χ0) is 15.0. The molecule has 2 N–H and O–H groups in total. The second-order valence-electron chi connectivity index (χ2n) is 4.94. The van der Waals surface area contributed by atoms with Gasteiger partial charge in [-0.25, -0.2) is 0 Å². The van der Waals surface area contributed by atoms with Crippen molar-refractivity contribution in [2.45, 2.75) is 39.3 Å². The Morgan fingerprint density at radius 2 is 2.35 bits per heavy atom. The van der Waals surface area contributed by atoms with Crippen molar-refractivity contribution in [2.24, 2.45) is 11.7 Å². The quantitative estimate of drug-likeness (QED) is 0.820. The molecule has 1 heterocycles. The predicted molar refractivity (Wildman–Crippen MR) is 77.3 cm³/mol. The summed E-state index contributed by atoms with van der Waals surface area (Å²) >= 11 is 0. The maximum Gasteiger partial charge on any atom is 0.240 e. The van der Waals surface area contributed by atoms with Gasteiger partial charge in [-0.2, -0.15) is 5.26 Å². The average Bonchev–Trinajstić information content (AvgIpc) is 2.50. The Morgan fingerprint density at radius 1 is 1.60 bits per heavy atom. The third-order valence-corrected chi connectivity index (χ3v) is 3.44. The molecule has 0 fully saturated rings. The second kappa shape index (κ2) is 8.28. The third-order valence-electron chi connectivity index (χ3n) is 3.44. The molecule has 0 bridgehead atoms. The van der Waals surface area contributed by atoms with Gasteiger partial charge in [-0.1, -0.05) is 26.3 Å². The third kappa shape index (κ3) is 4.63. The van der Waals surface area contributed by atoms with Gasteiger partial charge < -0.3 is 10.6 Å². The molecule has 1 aromatic heterocycles. The van der Waals surface area contributed by atoms with Crippen molar-refractivity contribution in [3.8, 4) is 6.07 Å². The Balaban J connectivity index is 2.78. The summed E-state index contributed by atoms with van der Waals surface area (Å²) in [5, 5.41) is 8.73. The number of carbonyl (C=O) groups excluding carboxylic acids is 1. The highest BCUT2D eigenvalue weighted by Gasteiger charge is 2.24. The van der Waals surface area contributed by atoms with Crippen molar-refractivity contribution in [1.29, 1.82) is 5.26 Å². The van der Waals surface area contributed by atoms with E-state index in [2.05, 4.69) is 11.1 Å². The number of amides is 1. The standard InChI is InChI=1S/C15H22N4O/c1-3-12(2)14(17)15(20)19(9-5-7-16)11-13-6-4-8-18-10-13/h4,6,8,10,12,14H,3,5,9,11,17H2,1-2H3/t12-,14-/m0/s1. The van der Waals surface area contributed by atoms with Crippen LogP contribution in [0.15, 0.2) is 24.5 Å². The Hall–Kier alpha value is -1.93. The van der Waals surface area contributed by atoms with Gasteiger partial charge in [-0.3, -0.25) is 9.78 Å². The summed E-state index contributed by atoms with van der Waals surface area (Å²) in [6.45, 7) is 4.82. The van der Waals surface area contributed by atoms with E-state index in [0.717, 1.165) is 12.0 Å². The number of carbonyl (C=O) groups is 1. The van der Waals surface area contributed by atoms with E-state index in [1.165, 1.54) is 0 Å². The summed E-state index contributed by atoms with van der Waals surface area (Å²) in [6.07, 6.45) is 4.57. The minimum Gasteiger partial charge on any atom is -0.336 e. The minimum atomic E-state index is -0.518. The zero-order valence-corrected chi connectivity index (χ0v) is 12.1. The van der Waals surface area contributed by atoms with Crippen LogP contribution in [-0.4, -0.2) is 28.4 Å². The normalized spacial score (nSPS) is 13.3. The van der Waals surface area contributed by atoms with Gasteiger partial charge in [0.15, 0.2) is 0 Å². The monoisotopic (exact) mass is 274 g/mol. The molecule has 0 saturated carbocycles. The minimum absolute atomic E-state index is 0.0987. The molecule has 0 aliphatic rings. The lowest BCUT2D eigenvalue weighted by Gasteiger charge is -2.27. The molecule has 0 unspecified atom stereocenters. The van der Waals surface area contributed by atoms with Crippen LogP contribution in [-0.2, 0) is 11.3 Å². The van der Waals surface area contributed by atoms with E-state index in [4.69, 9.17) is 11.0 Å². The maximum absolute atomic E-state index is 12.4. The van der Waals surface area contributed by atoms with Crippen LogP contribution in [0.4, 0.5) is 0 Å². The van der Waals surface area contributed by atoms with E-state index in [1.54, 1.807) is 17.3 Å². The Kier molecular flexibility index (Phi) is 6.68. The molecule has 0 saturated heterocycles. The van der Waals surface area contributed by atoms with Gasteiger partial charge in [0, 0.05) is 25.5 Å². The van der Waals surface area contributed by atoms with Crippen LogP contribution in [0.1, 0.15) is 32.3 Å². The molecule has 1 rings (SSSR count). The highest BCUT2D eigenvalue weighted by Crippen LogP contribution is 2.11. The first kappa shape index (κ1) is 16.1. The summed E-state index contributed by atoms with van der Waals surface area (Å²) in [5.41, 5.74) is 6.95. The largest absolute Gasteiger partial charge is 0.336 e. The van der Waals surface area contributed by atoms with E-state index in [1.807, 2.05) is 26.0 Å². The average molecular weight is 274 g/mol. The molecule has 5 heteroatoms. The fourth-order valence-electron chi connectivity index (χ4n) is 1.87. The van der Waals surface area contributed by atoms with Gasteiger partial charge in [-0.05, 0) is 17.5 Å². The Labute approximate surface area is 120 Å². The second-order valence-corrected chi connectivity index (χ2v) is 4.94. The van der Waals surface area contributed by atoms with Crippen molar-refractivity contribution in [3.05, 3.63) is 30.1 Å². The number of hydrogen-bond donors (Lipinski definition) is 1. The van der Waals surface area contributed by atoms with Crippen molar-refractivity contribution < 1.29 is 4.79 Å². The Bertz CT molecular complexity index is 455. The first-order valence-electron chi connectivity index (χ1n) is 6.90. The molecule has 5 nitrogen and oxygen atoms in total. The van der Waals surface area contributed by atoms with Crippen LogP contribution in [0.25, 0.3) is 0 Å². The zero-order valence-electron chi connectivity index (χ0n) is 12.1. The molecule has 20 heavy (non-hydrogen) atoms. The molecule has 1 amide bonds. The number of aromatic nitrogens is 1. The smallest absolute Gasteiger partial charge is 0.240 e. The molecule has 0 aliphatic carbocycles. The van der Waals surface area contributed by atoms with Crippen LogP contribution >= 0.6 is 0 Å². The molecule has 2 atom stereocenters. The van der Waals surface area contributed by atoms with Crippen molar-refractivity contribution >= 4 is 5.91 Å². The van der Waals surface area contributed by atoms with Gasteiger partial charge in [-0.15, -0.1) is 0 Å². The van der Waals surface area contributed by atoms with Crippen LogP contribution in [0.5, 0.6) is 0 Å². The van der Waals surface area contributed by atoms with Gasteiger partial charge in [0.25, 0.3) is 0 Å². The topological polar surface area (TPSA) is 83.0 Å². The molecule has 108 valence electrons. The number of nitrogens with two attached hydrogens (primary N) is 1. The van der Waals surface area contributed by atoms with Gasteiger partial charge >= 0.3 is 0 Å². The van der Waals surface area contributed by atoms with E-state index >= 15 is 0 Å². The van der Waals surface area contributed by atoms with Gasteiger partial charge in [0.05, 0.1) is 18.5 Å². The summed E-state index contributed by atoms with van der Waals surface area (Å²) in [4.78, 5) is 18.1. The number of rotatable bonds is 7. The van der Waals surface area contributed by atoms with E-state index in [-0.39, 0.29) is 11.8 Å². The first-order valence-corrected chi connectivity index (χ1v) is 6.90. The van der Waals surface area contributed by atoms with Gasteiger partial charge in [0.1, 0.15) is 0 Å². The highest BCUT2D eigenvalue weighted by molar-refractivity contribution is 5.82. The number of nitriles is 1. The van der Waals surface area contributed by atoms with E-state index in [0.29, 0.717) is 19.5 Å². The van der Waals surface area contributed by atoms with Crippen molar-refractivity contribution in [2.75, 3.05) is 6.54 Å². The fourth-order valence-corrected chi connectivity index (χ4v) is 1.87. The molecule has 0 aliphatic heterocycles. The lowest BCUT2D eigenvalue weighted by molar-refractivity contribution is -0.134. The lowest BCUT2D eigenvalue weighted by atomic mass is 9.98. The van der Waals surface area contributed by atoms with Crippen LogP contribution in [0, 0.1) is 17.2 Å². The summed E-state index contributed by atoms with van der Waals surface area (Å²) < 4.78 is 0. The van der Waals surface area contributed by atoms with Crippen LogP contribution in [0.2, 0.25) is 0 Å². The van der Waals surface area contributed by atoms with E-state index in [9.17, 15) is 4.79 Å². The Morgan fingerprint density at radius 3 is 2.90 bits per heavy atom. The summed E-state index contributed by atoms with van der Waals surface area (Å²) in [6, 6.07) is 5.29. The first-order chi connectivity index (χ1) is 9.60. The SMILES string of the molecule is CC[C@H](C)[C@H](N)C(=O)N(CCC#N)Cc1cccnc1.